The van der Waals surface area contributed by atoms with Crippen molar-refractivity contribution in [3.63, 3.8) is 0 Å². The summed E-state index contributed by atoms with van der Waals surface area (Å²) in [7, 11) is -1.02. The summed E-state index contributed by atoms with van der Waals surface area (Å²) in [4.78, 5) is 0. The normalized spacial score (nSPS) is 9.62. The van der Waals surface area contributed by atoms with E-state index < -0.39 is 7.82 Å². The van der Waals surface area contributed by atoms with E-state index in [1.165, 1.54) is 14.2 Å². The smallest absolute Gasteiger partial charge is 0.350 e. The number of unbranched alkanes of at least 4 members (excludes halogenated alkanes) is 1. The highest BCUT2D eigenvalue weighted by Gasteiger charge is 2.22. The van der Waals surface area contributed by atoms with Gasteiger partial charge in [0.1, 0.15) is 6.11 Å². The summed E-state index contributed by atoms with van der Waals surface area (Å²) in [6, 6.07) is 0. The zero-order valence-electron chi connectivity index (χ0n) is 7.57. The zero-order valence-corrected chi connectivity index (χ0v) is 8.47. The minimum Gasteiger partial charge on any atom is -0.350 e. The lowest BCUT2D eigenvalue weighted by Gasteiger charge is -2.07. The average molecular weight is 202 g/mol. The van der Waals surface area contributed by atoms with E-state index in [9.17, 15) is 4.57 Å². The summed E-state index contributed by atoms with van der Waals surface area (Å²) in [6.07, 6.45) is 8.21. The van der Waals surface area contributed by atoms with Crippen LogP contribution in [0.4, 0.5) is 0 Å². The third kappa shape index (κ3) is 5.33. The Morgan fingerprint density at radius 3 is 2.38 bits per heavy atom. The van der Waals surface area contributed by atoms with Crippen LogP contribution in [-0.4, -0.2) is 14.2 Å². The summed E-state index contributed by atoms with van der Waals surface area (Å²) in [5, 5.41) is 0. The van der Waals surface area contributed by atoms with Crippen LogP contribution in [0.5, 0.6) is 0 Å². The molecule has 4 nitrogen and oxygen atoms in total. The maximum Gasteiger partial charge on any atom is 0.537 e. The molecule has 0 aromatic carbocycles. The minimum atomic E-state index is -3.46. The first-order chi connectivity index (χ1) is 6.18. The van der Waals surface area contributed by atoms with E-state index in [0.717, 1.165) is 0 Å². The first kappa shape index (κ1) is 12.1. The van der Waals surface area contributed by atoms with E-state index in [2.05, 4.69) is 31.5 Å². The average Bonchev–Trinajstić information content (AvgIpc) is 2.17. The molecule has 0 saturated carbocycles. The maximum atomic E-state index is 11.2. The molecule has 0 N–H and O–H groups in total. The Hall–Kier alpha value is -0.930. The summed E-state index contributed by atoms with van der Waals surface area (Å²) in [5.41, 5.74) is 0. The Kier molecular flexibility index (Phi) is 6.10. The van der Waals surface area contributed by atoms with Crippen molar-refractivity contribution in [2.45, 2.75) is 12.8 Å². The van der Waals surface area contributed by atoms with Gasteiger partial charge in [0.15, 0.2) is 0 Å². The Labute approximate surface area is 78.2 Å². The second kappa shape index (κ2) is 6.57. The van der Waals surface area contributed by atoms with Crippen molar-refractivity contribution in [2.75, 3.05) is 14.2 Å². The molecular weight excluding hydrogens is 191 g/mol. The molecule has 0 aliphatic heterocycles. The van der Waals surface area contributed by atoms with E-state index >= 15 is 0 Å². The molecule has 0 aliphatic rings. The molecule has 0 aliphatic carbocycles. The molecule has 5 heteroatoms. The molecule has 0 radical (unpaired) electrons. The highest BCUT2D eigenvalue weighted by atomic mass is 31.2. The second-order valence-corrected chi connectivity index (χ2v) is 3.69. The number of rotatable bonds is 4. The summed E-state index contributed by atoms with van der Waals surface area (Å²) in [5.74, 6) is 4.97. The Morgan fingerprint density at radius 2 is 1.92 bits per heavy atom. The van der Waals surface area contributed by atoms with E-state index in [-0.39, 0.29) is 0 Å². The lowest BCUT2D eigenvalue weighted by molar-refractivity contribution is 0.201. The fraction of sp³-hybridized carbons (Fsp3) is 0.500. The third-order valence-electron chi connectivity index (χ3n) is 1.07. The molecule has 13 heavy (non-hydrogen) atoms. The van der Waals surface area contributed by atoms with Crippen LogP contribution in [0.1, 0.15) is 12.8 Å². The lowest BCUT2D eigenvalue weighted by Crippen LogP contribution is -1.89. The zero-order chi connectivity index (χ0) is 10.2. The molecule has 0 bridgehead atoms. The fourth-order valence-electron chi connectivity index (χ4n) is 0.423. The minimum absolute atomic E-state index is 0.490. The first-order valence-electron chi connectivity index (χ1n) is 3.50. The predicted octanol–water partition coefficient (Wildman–Crippen LogP) is 1.78. The third-order valence-corrected chi connectivity index (χ3v) is 2.28. The van der Waals surface area contributed by atoms with Crippen molar-refractivity contribution in [1.82, 2.24) is 0 Å². The van der Waals surface area contributed by atoms with Crippen LogP contribution >= 0.6 is 7.82 Å². The van der Waals surface area contributed by atoms with Crippen LogP contribution in [-0.2, 0) is 18.1 Å². The molecule has 0 rings (SSSR count). The summed E-state index contributed by atoms with van der Waals surface area (Å²) >= 11 is 0. The molecule has 0 fully saturated rings. The van der Waals surface area contributed by atoms with Crippen LogP contribution in [0, 0.1) is 24.4 Å². The van der Waals surface area contributed by atoms with Gasteiger partial charge in [-0.25, -0.2) is 4.57 Å². The van der Waals surface area contributed by atoms with Crippen molar-refractivity contribution in [2.24, 2.45) is 0 Å². The van der Waals surface area contributed by atoms with Crippen molar-refractivity contribution >= 4 is 7.82 Å². The summed E-state index contributed by atoms with van der Waals surface area (Å²) < 4.78 is 24.7. The highest BCUT2D eigenvalue weighted by molar-refractivity contribution is 7.48. The SMILES string of the molecule is C#CCCC#COP(=O)(OC)OC. The standard InChI is InChI=1S/C8H11O4P/c1-4-5-6-7-8-12-13(9,10-2)11-3/h1H,5-6H2,2-3H3. The van der Waals surface area contributed by atoms with Gasteiger partial charge in [-0.2, -0.15) is 0 Å². The van der Waals surface area contributed by atoms with Gasteiger partial charge in [0.05, 0.1) is 0 Å². The Bertz CT molecular complexity index is 273. The van der Waals surface area contributed by atoms with Crippen molar-refractivity contribution in [3.8, 4) is 24.4 Å². The van der Waals surface area contributed by atoms with Gasteiger partial charge in [0, 0.05) is 27.1 Å². The van der Waals surface area contributed by atoms with Gasteiger partial charge in [-0.05, 0) is 0 Å². The number of hydrogen-bond donors (Lipinski definition) is 0. The van der Waals surface area contributed by atoms with E-state index in [0.29, 0.717) is 12.8 Å². The first-order valence-corrected chi connectivity index (χ1v) is 4.96. The molecule has 72 valence electrons. The number of terminal acetylenes is 1. The van der Waals surface area contributed by atoms with Gasteiger partial charge in [-0.3, -0.25) is 9.05 Å². The fourth-order valence-corrected chi connectivity index (χ4v) is 0.897. The van der Waals surface area contributed by atoms with E-state index in [1.54, 1.807) is 0 Å². The predicted molar refractivity (Wildman–Crippen MR) is 48.6 cm³/mol. The lowest BCUT2D eigenvalue weighted by atomic mass is 10.3. The quantitative estimate of drug-likeness (QED) is 0.396. The highest BCUT2D eigenvalue weighted by Crippen LogP contribution is 2.46. The number of phosphoric acid groups is 1. The van der Waals surface area contributed by atoms with Gasteiger partial charge in [0.25, 0.3) is 0 Å². The van der Waals surface area contributed by atoms with Crippen molar-refractivity contribution < 1.29 is 18.1 Å². The maximum absolute atomic E-state index is 11.2. The molecule has 0 unspecified atom stereocenters. The van der Waals surface area contributed by atoms with Crippen molar-refractivity contribution in [1.29, 1.82) is 0 Å². The van der Waals surface area contributed by atoms with Gasteiger partial charge in [-0.1, -0.05) is 5.92 Å². The molecule has 0 atom stereocenters. The van der Waals surface area contributed by atoms with Crippen LogP contribution in [0.2, 0.25) is 0 Å². The molecule has 0 heterocycles. The molecule has 0 amide bonds. The molecule has 0 spiro atoms. The van der Waals surface area contributed by atoms with E-state index in [1.807, 2.05) is 0 Å². The second-order valence-electron chi connectivity index (χ2n) is 1.89. The van der Waals surface area contributed by atoms with Gasteiger partial charge < -0.3 is 4.52 Å². The van der Waals surface area contributed by atoms with Gasteiger partial charge in [0.2, 0.25) is 0 Å². The topological polar surface area (TPSA) is 44.8 Å². The van der Waals surface area contributed by atoms with Crippen LogP contribution in [0.25, 0.3) is 0 Å². The largest absolute Gasteiger partial charge is 0.537 e. The van der Waals surface area contributed by atoms with Crippen molar-refractivity contribution in [3.05, 3.63) is 0 Å². The molecule has 0 aromatic rings. The van der Waals surface area contributed by atoms with Gasteiger partial charge >= 0.3 is 7.82 Å². The van der Waals surface area contributed by atoms with Crippen LogP contribution in [0.3, 0.4) is 0 Å². The number of hydrogen-bond acceptors (Lipinski definition) is 4. The molecule has 0 saturated heterocycles. The molecular formula is C8H11O4P. The van der Waals surface area contributed by atoms with Gasteiger partial charge in [-0.15, -0.1) is 12.3 Å². The number of phosphoric ester groups is 1. The van der Waals surface area contributed by atoms with E-state index in [4.69, 9.17) is 6.42 Å². The summed E-state index contributed by atoms with van der Waals surface area (Å²) in [6.45, 7) is 0. The van der Waals surface area contributed by atoms with Crippen LogP contribution in [0.15, 0.2) is 0 Å². The van der Waals surface area contributed by atoms with Crippen LogP contribution < -0.4 is 0 Å². The molecule has 0 aromatic heterocycles. The Morgan fingerprint density at radius 1 is 1.31 bits per heavy atom. The monoisotopic (exact) mass is 202 g/mol. The Balaban J connectivity index is 3.91.